The highest BCUT2D eigenvalue weighted by atomic mass is 35.5. The highest BCUT2D eigenvalue weighted by molar-refractivity contribution is 5.85. The molecule has 0 atom stereocenters. The van der Waals surface area contributed by atoms with Crippen LogP contribution in [0.4, 0.5) is 0 Å². The maximum Gasteiger partial charge on any atom is 0.0219 e. The van der Waals surface area contributed by atoms with Crippen LogP contribution in [-0.2, 0) is 0 Å². The Balaban J connectivity index is 0.000000640. The van der Waals surface area contributed by atoms with E-state index in [2.05, 4.69) is 11.5 Å². The van der Waals surface area contributed by atoms with Crippen molar-refractivity contribution in [1.29, 1.82) is 0 Å². The third kappa shape index (κ3) is 2.72. The summed E-state index contributed by atoms with van der Waals surface area (Å²) in [6.07, 6.45) is 7.11. The number of hydrazine groups is 1. The van der Waals surface area contributed by atoms with Crippen molar-refractivity contribution in [2.75, 3.05) is 0 Å². The maximum atomic E-state index is 5.18. The summed E-state index contributed by atoms with van der Waals surface area (Å²) in [6, 6.07) is 0. The number of nitrogens with two attached hydrogens (primary N) is 1. The molecule has 0 amide bonds. The summed E-state index contributed by atoms with van der Waals surface area (Å²) in [6.45, 7) is 0. The van der Waals surface area contributed by atoms with Crippen LogP contribution in [0.25, 0.3) is 0 Å². The van der Waals surface area contributed by atoms with Crippen LogP contribution < -0.4 is 11.3 Å². The van der Waals surface area contributed by atoms with Gasteiger partial charge in [0.25, 0.3) is 0 Å². The molecule has 0 radical (unpaired) electrons. The summed E-state index contributed by atoms with van der Waals surface area (Å²) in [5, 5.41) is 0. The maximum absolute atomic E-state index is 5.18. The van der Waals surface area contributed by atoms with Crippen LogP contribution in [0.1, 0.15) is 25.7 Å². The van der Waals surface area contributed by atoms with Gasteiger partial charge in [0.1, 0.15) is 0 Å². The van der Waals surface area contributed by atoms with E-state index in [4.69, 9.17) is 5.84 Å². The molecule has 0 saturated heterocycles. The Bertz CT molecular complexity index is 101. The van der Waals surface area contributed by atoms with Gasteiger partial charge in [-0.05, 0) is 25.7 Å². The Hall–Kier alpha value is -0.210. The Kier molecular flexibility index (Phi) is 4.54. The Labute approximate surface area is 61.9 Å². The van der Waals surface area contributed by atoms with Gasteiger partial charge >= 0.3 is 0 Å². The van der Waals surface area contributed by atoms with Crippen molar-refractivity contribution in [3.63, 3.8) is 0 Å². The molecule has 1 aliphatic carbocycles. The average Bonchev–Trinajstić information content (AvgIpc) is 1.90. The first-order valence-electron chi connectivity index (χ1n) is 3.09. The molecule has 1 rings (SSSR count). The van der Waals surface area contributed by atoms with E-state index in [0.717, 1.165) is 6.42 Å². The number of rotatable bonds is 1. The lowest BCUT2D eigenvalue weighted by Gasteiger charge is -2.10. The van der Waals surface area contributed by atoms with Crippen LogP contribution in [-0.4, -0.2) is 0 Å². The van der Waals surface area contributed by atoms with Crippen LogP contribution in [0.2, 0.25) is 0 Å². The number of nitrogens with one attached hydrogen (secondary N) is 1. The van der Waals surface area contributed by atoms with Crippen molar-refractivity contribution in [1.82, 2.24) is 5.43 Å². The van der Waals surface area contributed by atoms with Crippen LogP contribution in [0, 0.1) is 0 Å². The second-order valence-corrected chi connectivity index (χ2v) is 2.12. The average molecular weight is 149 g/mol. The third-order valence-corrected chi connectivity index (χ3v) is 1.48. The zero-order valence-electron chi connectivity index (χ0n) is 5.39. The fraction of sp³-hybridized carbons (Fsp3) is 0.667. The van der Waals surface area contributed by atoms with E-state index in [0.29, 0.717) is 0 Å². The standard InChI is InChI=1S/C6H12N2.ClH/c7-8-6-4-2-1-3-5-6;/h4,8H,1-3,5,7H2;1H. The molecule has 0 aromatic rings. The van der Waals surface area contributed by atoms with E-state index < -0.39 is 0 Å². The van der Waals surface area contributed by atoms with Gasteiger partial charge in [0.2, 0.25) is 0 Å². The summed E-state index contributed by atoms with van der Waals surface area (Å²) in [7, 11) is 0. The molecule has 0 aromatic carbocycles. The second kappa shape index (κ2) is 4.65. The Morgan fingerprint density at radius 1 is 1.44 bits per heavy atom. The van der Waals surface area contributed by atoms with Gasteiger partial charge in [-0.2, -0.15) is 0 Å². The second-order valence-electron chi connectivity index (χ2n) is 2.12. The quantitative estimate of drug-likeness (QED) is 0.435. The summed E-state index contributed by atoms with van der Waals surface area (Å²) >= 11 is 0. The minimum Gasteiger partial charge on any atom is -0.329 e. The molecule has 3 N–H and O–H groups in total. The topological polar surface area (TPSA) is 38.0 Å². The van der Waals surface area contributed by atoms with E-state index >= 15 is 0 Å². The lowest BCUT2D eigenvalue weighted by atomic mass is 10.1. The molecule has 54 valence electrons. The van der Waals surface area contributed by atoms with Gasteiger partial charge in [0.15, 0.2) is 0 Å². The van der Waals surface area contributed by atoms with Crippen molar-refractivity contribution in [3.8, 4) is 0 Å². The van der Waals surface area contributed by atoms with Crippen molar-refractivity contribution in [2.24, 2.45) is 5.84 Å². The van der Waals surface area contributed by atoms with Gasteiger partial charge < -0.3 is 5.43 Å². The van der Waals surface area contributed by atoms with Crippen molar-refractivity contribution in [3.05, 3.63) is 11.8 Å². The van der Waals surface area contributed by atoms with E-state index in [1.807, 2.05) is 0 Å². The lowest BCUT2D eigenvalue weighted by Crippen LogP contribution is -2.21. The first-order chi connectivity index (χ1) is 3.93. The van der Waals surface area contributed by atoms with E-state index in [-0.39, 0.29) is 12.4 Å². The zero-order valence-corrected chi connectivity index (χ0v) is 6.21. The largest absolute Gasteiger partial charge is 0.329 e. The molecule has 0 heterocycles. The molecule has 1 aliphatic rings. The molecule has 2 nitrogen and oxygen atoms in total. The van der Waals surface area contributed by atoms with Crippen LogP contribution in [0.5, 0.6) is 0 Å². The molecule has 0 aromatic heterocycles. The fourth-order valence-corrected chi connectivity index (χ4v) is 0.969. The van der Waals surface area contributed by atoms with Gasteiger partial charge in [-0.3, -0.25) is 5.84 Å². The summed E-state index contributed by atoms with van der Waals surface area (Å²) in [4.78, 5) is 0. The zero-order chi connectivity index (χ0) is 5.82. The predicted octanol–water partition coefficient (Wildman–Crippen LogP) is 1.33. The number of allylic oxidation sites excluding steroid dienone is 2. The van der Waals surface area contributed by atoms with E-state index in [1.165, 1.54) is 25.0 Å². The lowest BCUT2D eigenvalue weighted by molar-refractivity contribution is 0.651. The van der Waals surface area contributed by atoms with Crippen molar-refractivity contribution >= 4 is 12.4 Å². The minimum atomic E-state index is 0. The van der Waals surface area contributed by atoms with Crippen LogP contribution >= 0.6 is 12.4 Å². The number of hydrogen-bond donors (Lipinski definition) is 2. The van der Waals surface area contributed by atoms with Gasteiger partial charge in [0, 0.05) is 5.70 Å². The molecule has 0 fully saturated rings. The van der Waals surface area contributed by atoms with Gasteiger partial charge in [-0.1, -0.05) is 6.08 Å². The molecule has 0 spiro atoms. The number of hydrogen-bond acceptors (Lipinski definition) is 2. The molecule has 0 unspecified atom stereocenters. The smallest absolute Gasteiger partial charge is 0.0219 e. The first kappa shape index (κ1) is 8.79. The molecule has 0 bridgehead atoms. The molecule has 9 heavy (non-hydrogen) atoms. The van der Waals surface area contributed by atoms with E-state index in [9.17, 15) is 0 Å². The van der Waals surface area contributed by atoms with Crippen LogP contribution in [0.15, 0.2) is 11.8 Å². The number of halogens is 1. The Morgan fingerprint density at radius 2 is 2.22 bits per heavy atom. The van der Waals surface area contributed by atoms with Gasteiger partial charge in [0.05, 0.1) is 0 Å². The van der Waals surface area contributed by atoms with E-state index in [1.54, 1.807) is 0 Å². The van der Waals surface area contributed by atoms with Crippen molar-refractivity contribution in [2.45, 2.75) is 25.7 Å². The monoisotopic (exact) mass is 148 g/mol. The molecule has 3 heteroatoms. The molecular weight excluding hydrogens is 136 g/mol. The predicted molar refractivity (Wildman–Crippen MR) is 41.1 cm³/mol. The fourth-order valence-electron chi connectivity index (χ4n) is 0.969. The highest BCUT2D eigenvalue weighted by Gasteiger charge is 1.98. The summed E-state index contributed by atoms with van der Waals surface area (Å²) in [5.41, 5.74) is 3.87. The molecule has 0 aliphatic heterocycles. The highest BCUT2D eigenvalue weighted by Crippen LogP contribution is 2.13. The Morgan fingerprint density at radius 3 is 2.56 bits per heavy atom. The van der Waals surface area contributed by atoms with Crippen molar-refractivity contribution < 1.29 is 0 Å². The summed E-state index contributed by atoms with van der Waals surface area (Å²) in [5.74, 6) is 5.18. The first-order valence-corrected chi connectivity index (χ1v) is 3.09. The van der Waals surface area contributed by atoms with Gasteiger partial charge in [-0.15, -0.1) is 12.4 Å². The molecular formula is C6H13ClN2. The van der Waals surface area contributed by atoms with Gasteiger partial charge in [-0.25, -0.2) is 0 Å². The minimum absolute atomic E-state index is 0. The third-order valence-electron chi connectivity index (χ3n) is 1.48. The normalized spacial score (nSPS) is 17.7. The molecule has 0 saturated carbocycles. The summed E-state index contributed by atoms with van der Waals surface area (Å²) < 4.78 is 0. The van der Waals surface area contributed by atoms with Crippen LogP contribution in [0.3, 0.4) is 0 Å². The SMILES string of the molecule is Cl.NNC1=CCCCC1.